The lowest BCUT2D eigenvalue weighted by Crippen LogP contribution is -2.14. The van der Waals surface area contributed by atoms with Gasteiger partial charge in [0.1, 0.15) is 11.7 Å². The molecule has 0 amide bonds. The number of para-hydroxylation sites is 1. The second-order valence-electron chi connectivity index (χ2n) is 9.86. The van der Waals surface area contributed by atoms with Crippen molar-refractivity contribution in [3.05, 3.63) is 131 Å². The van der Waals surface area contributed by atoms with Gasteiger partial charge in [-0.1, -0.05) is 124 Å². The van der Waals surface area contributed by atoms with Gasteiger partial charge in [-0.05, 0) is 28.2 Å². The van der Waals surface area contributed by atoms with E-state index in [0.29, 0.717) is 11.8 Å². The molecule has 3 nitrogen and oxygen atoms in total. The second-order valence-corrected chi connectivity index (χ2v) is 9.86. The Morgan fingerprint density at radius 3 is 2.00 bits per heavy atom. The number of nitrogens with zero attached hydrogens (tertiary/aromatic N) is 1. The molecule has 36 heavy (non-hydrogen) atoms. The van der Waals surface area contributed by atoms with E-state index in [1.54, 1.807) is 0 Å². The van der Waals surface area contributed by atoms with Crippen molar-refractivity contribution < 1.29 is 4.42 Å². The van der Waals surface area contributed by atoms with Crippen molar-refractivity contribution in [1.82, 2.24) is 4.98 Å². The third kappa shape index (κ3) is 3.81. The molecule has 1 N–H and O–H groups in total. The Labute approximate surface area is 212 Å². The third-order valence-corrected chi connectivity index (χ3v) is 7.25. The van der Waals surface area contributed by atoms with Gasteiger partial charge >= 0.3 is 0 Å². The van der Waals surface area contributed by atoms with Crippen molar-refractivity contribution in [2.24, 2.45) is 0 Å². The number of benzene rings is 4. The van der Waals surface area contributed by atoms with Crippen LogP contribution in [0.25, 0.3) is 22.6 Å². The minimum absolute atomic E-state index is 0.204. The van der Waals surface area contributed by atoms with Crippen LogP contribution in [0.3, 0.4) is 0 Å². The number of hydrogen-bond acceptors (Lipinski definition) is 3. The van der Waals surface area contributed by atoms with Gasteiger partial charge in [0.15, 0.2) is 5.76 Å². The molecule has 0 spiro atoms. The van der Waals surface area contributed by atoms with Crippen LogP contribution in [0.1, 0.15) is 66.8 Å². The monoisotopic (exact) mass is 470 g/mol. The van der Waals surface area contributed by atoms with Crippen LogP contribution < -0.4 is 5.32 Å². The molecule has 3 heteroatoms. The van der Waals surface area contributed by atoms with Crippen molar-refractivity contribution in [3.8, 4) is 22.6 Å². The molecule has 178 valence electrons. The van der Waals surface area contributed by atoms with E-state index in [0.717, 1.165) is 22.6 Å². The summed E-state index contributed by atoms with van der Waals surface area (Å²) in [5.74, 6) is 2.12. The molecule has 5 aromatic rings. The number of anilines is 1. The molecule has 2 unspecified atom stereocenters. The number of fused-ring (bicyclic) bond motifs is 2. The zero-order valence-corrected chi connectivity index (χ0v) is 20.9. The van der Waals surface area contributed by atoms with Crippen molar-refractivity contribution >= 4 is 5.69 Å². The summed E-state index contributed by atoms with van der Waals surface area (Å²) in [4.78, 5) is 5.16. The van der Waals surface area contributed by atoms with Crippen LogP contribution >= 0.6 is 0 Å². The average Bonchev–Trinajstić information content (AvgIpc) is 3.32. The van der Waals surface area contributed by atoms with E-state index in [2.05, 4.69) is 92.8 Å². The Morgan fingerprint density at radius 2 is 1.31 bits per heavy atom. The molecule has 6 rings (SSSR count). The zero-order valence-electron chi connectivity index (χ0n) is 20.9. The van der Waals surface area contributed by atoms with Gasteiger partial charge in [0.25, 0.3) is 0 Å². The summed E-state index contributed by atoms with van der Waals surface area (Å²) in [5, 5.41) is 3.90. The van der Waals surface area contributed by atoms with E-state index in [1.807, 2.05) is 36.4 Å². The molecule has 1 aliphatic rings. The molecule has 4 aromatic carbocycles. The first kappa shape index (κ1) is 22.4. The topological polar surface area (TPSA) is 38.1 Å². The molecule has 2 heterocycles. The fraction of sp³-hybridized carbons (Fsp3) is 0.182. The highest BCUT2D eigenvalue weighted by molar-refractivity contribution is 5.77. The molecule has 1 aliphatic heterocycles. The van der Waals surface area contributed by atoms with Gasteiger partial charge in [0.2, 0.25) is 5.89 Å². The van der Waals surface area contributed by atoms with E-state index < -0.39 is 0 Å². The molecule has 1 aromatic heterocycles. The molecule has 0 aliphatic carbocycles. The van der Waals surface area contributed by atoms with Gasteiger partial charge in [0.05, 0.1) is 0 Å². The predicted molar refractivity (Wildman–Crippen MR) is 147 cm³/mol. The molecule has 0 fully saturated rings. The normalized spacial score (nSPS) is 16.7. The average molecular weight is 471 g/mol. The van der Waals surface area contributed by atoms with Crippen LogP contribution in [0.4, 0.5) is 5.69 Å². The lowest BCUT2D eigenvalue weighted by molar-refractivity contribution is 0.494. The molecule has 0 saturated heterocycles. The van der Waals surface area contributed by atoms with Gasteiger partial charge in [-0.15, -0.1) is 0 Å². The van der Waals surface area contributed by atoms with E-state index in [4.69, 9.17) is 9.40 Å². The Bertz CT molecular complexity index is 1440. The Balaban J connectivity index is 1.58. The van der Waals surface area contributed by atoms with E-state index in [9.17, 15) is 0 Å². The van der Waals surface area contributed by atoms with E-state index >= 15 is 0 Å². The third-order valence-electron chi connectivity index (χ3n) is 7.25. The highest BCUT2D eigenvalue weighted by Crippen LogP contribution is 2.45. The van der Waals surface area contributed by atoms with Crippen molar-refractivity contribution in [2.45, 2.75) is 38.6 Å². The number of oxazole rings is 1. The molecule has 0 saturated carbocycles. The molecule has 0 bridgehead atoms. The number of aromatic nitrogens is 1. The number of hydrogen-bond donors (Lipinski definition) is 1. The largest absolute Gasteiger partial charge is 0.437 e. The first-order chi connectivity index (χ1) is 17.6. The van der Waals surface area contributed by atoms with Crippen LogP contribution in [0, 0.1) is 0 Å². The van der Waals surface area contributed by atoms with Crippen LogP contribution in [0.5, 0.6) is 0 Å². The predicted octanol–water partition coefficient (Wildman–Crippen LogP) is 8.80. The van der Waals surface area contributed by atoms with Crippen molar-refractivity contribution in [1.29, 1.82) is 0 Å². The minimum atomic E-state index is -0.204. The Hall–Kier alpha value is -4.11. The maximum atomic E-state index is 6.68. The highest BCUT2D eigenvalue weighted by Gasteiger charge is 2.32. The van der Waals surface area contributed by atoms with Gasteiger partial charge < -0.3 is 9.73 Å². The fourth-order valence-electron chi connectivity index (χ4n) is 5.39. The molecule has 2 atom stereocenters. The summed E-state index contributed by atoms with van der Waals surface area (Å²) in [6.45, 7) is 6.80. The van der Waals surface area contributed by atoms with Crippen LogP contribution in [0.2, 0.25) is 0 Å². The van der Waals surface area contributed by atoms with Crippen molar-refractivity contribution in [2.75, 3.05) is 5.32 Å². The summed E-state index contributed by atoms with van der Waals surface area (Å²) in [7, 11) is 0. The molecular weight excluding hydrogens is 440 g/mol. The first-order valence-electron chi connectivity index (χ1n) is 12.7. The molecule has 0 radical (unpaired) electrons. The summed E-state index contributed by atoms with van der Waals surface area (Å²) < 4.78 is 6.68. The first-order valence-corrected chi connectivity index (χ1v) is 12.7. The SMILES string of the molecule is CC(C)c1cccc2c1NC(c1nc(-c3ccccc3)c(-c3ccccc3)o1)c1ccccc1C2C. The summed E-state index contributed by atoms with van der Waals surface area (Å²) in [6.07, 6.45) is 0. The van der Waals surface area contributed by atoms with Crippen molar-refractivity contribution in [3.63, 3.8) is 0 Å². The van der Waals surface area contributed by atoms with Crippen LogP contribution in [-0.2, 0) is 0 Å². The highest BCUT2D eigenvalue weighted by atomic mass is 16.4. The second kappa shape index (κ2) is 9.16. The Kier molecular flexibility index (Phi) is 5.69. The Morgan fingerprint density at radius 1 is 0.694 bits per heavy atom. The van der Waals surface area contributed by atoms with Gasteiger partial charge in [-0.25, -0.2) is 4.98 Å². The van der Waals surface area contributed by atoms with E-state index in [-0.39, 0.29) is 12.0 Å². The number of nitrogens with one attached hydrogen (secondary N) is 1. The maximum Gasteiger partial charge on any atom is 0.222 e. The van der Waals surface area contributed by atoms with E-state index in [1.165, 1.54) is 27.9 Å². The summed E-state index contributed by atoms with van der Waals surface area (Å²) in [6, 6.07) is 35.7. The summed E-state index contributed by atoms with van der Waals surface area (Å²) >= 11 is 0. The smallest absolute Gasteiger partial charge is 0.222 e. The zero-order chi connectivity index (χ0) is 24.6. The molecular formula is C33H30N2O. The standard InChI is InChI=1S/C33H30N2O/c1-21(2)25-19-12-20-27-22(3)26-17-10-11-18-28(26)31(34-30(25)27)33-35-29(23-13-6-4-7-14-23)32(36-33)24-15-8-5-9-16-24/h4-22,31,34H,1-3H3. The minimum Gasteiger partial charge on any atom is -0.437 e. The maximum absolute atomic E-state index is 6.68. The van der Waals surface area contributed by atoms with Crippen LogP contribution in [0.15, 0.2) is 108 Å². The number of rotatable bonds is 4. The van der Waals surface area contributed by atoms with Crippen LogP contribution in [-0.4, -0.2) is 4.98 Å². The lowest BCUT2D eigenvalue weighted by Gasteiger charge is -2.21. The fourth-order valence-corrected chi connectivity index (χ4v) is 5.39. The van der Waals surface area contributed by atoms with Gasteiger partial charge in [-0.3, -0.25) is 0 Å². The quantitative estimate of drug-likeness (QED) is 0.285. The lowest BCUT2D eigenvalue weighted by atomic mass is 9.87. The summed E-state index contributed by atoms with van der Waals surface area (Å²) in [5.41, 5.74) is 9.27. The van der Waals surface area contributed by atoms with Gasteiger partial charge in [-0.2, -0.15) is 0 Å². The van der Waals surface area contributed by atoms with Gasteiger partial charge in [0, 0.05) is 22.7 Å².